The van der Waals surface area contributed by atoms with Crippen LogP contribution in [0.15, 0.2) is 21.5 Å². The first-order chi connectivity index (χ1) is 4.61. The van der Waals surface area contributed by atoms with Crippen LogP contribution in [0.1, 0.15) is 0 Å². The normalized spacial score (nSPS) is 10.0. The Morgan fingerprint density at radius 1 is 1.30 bits per heavy atom. The lowest BCUT2D eigenvalue weighted by molar-refractivity contribution is 0.572. The van der Waals surface area contributed by atoms with Crippen LogP contribution in [0.3, 0.4) is 0 Å². The number of halogens is 3. The highest BCUT2D eigenvalue weighted by Gasteiger charge is 2.04. The van der Waals surface area contributed by atoms with E-state index in [0.717, 1.165) is 12.1 Å². The van der Waals surface area contributed by atoms with Crippen molar-refractivity contribution in [2.24, 2.45) is 0 Å². The molecule has 0 aliphatic carbocycles. The molecule has 0 heterocycles. The molecule has 1 rings (SSSR count). The van der Waals surface area contributed by atoms with Crippen LogP contribution in [0.5, 0.6) is 0 Å². The van der Waals surface area contributed by atoms with Crippen molar-refractivity contribution in [2.75, 3.05) is 0 Å². The maximum Gasteiger partial charge on any atom is 0.141 e. The highest BCUT2D eigenvalue weighted by Crippen LogP contribution is 2.24. The molecule has 0 fully saturated rings. The van der Waals surface area contributed by atoms with E-state index in [9.17, 15) is 8.78 Å². The van der Waals surface area contributed by atoms with Crippen molar-refractivity contribution in [3.63, 3.8) is 0 Å². The van der Waals surface area contributed by atoms with Crippen LogP contribution >= 0.6 is 28.6 Å². The fourth-order valence-electron chi connectivity index (χ4n) is 0.542. The third kappa shape index (κ3) is 1.49. The third-order valence-electron chi connectivity index (χ3n) is 0.974. The van der Waals surface area contributed by atoms with Crippen molar-refractivity contribution < 1.29 is 8.78 Å². The fraction of sp³-hybridized carbons (Fsp3) is 0. The van der Waals surface area contributed by atoms with Gasteiger partial charge in [-0.1, -0.05) is 0 Å². The zero-order valence-electron chi connectivity index (χ0n) is 4.74. The molecule has 0 bridgehead atoms. The number of benzene rings is 1. The Morgan fingerprint density at radius 3 is 2.40 bits per heavy atom. The van der Waals surface area contributed by atoms with Crippen LogP contribution < -0.4 is 0 Å². The van der Waals surface area contributed by atoms with Crippen LogP contribution in [-0.4, -0.2) is 0 Å². The average Bonchev–Trinajstić information content (AvgIpc) is 1.82. The number of hydrogen-bond donors (Lipinski definition) is 1. The molecule has 54 valence electrons. The lowest BCUT2D eigenvalue weighted by Gasteiger charge is -1.97. The number of rotatable bonds is 0. The average molecular weight is 225 g/mol. The molecule has 0 saturated carbocycles. The molecule has 1 aromatic carbocycles. The molecule has 0 aliphatic heterocycles. The molecule has 0 aliphatic rings. The molecular weight excluding hydrogens is 222 g/mol. The molecule has 0 spiro atoms. The summed E-state index contributed by atoms with van der Waals surface area (Å²) < 4.78 is 25.0. The van der Waals surface area contributed by atoms with Gasteiger partial charge in [-0.3, -0.25) is 0 Å². The van der Waals surface area contributed by atoms with E-state index in [2.05, 4.69) is 28.6 Å². The van der Waals surface area contributed by atoms with E-state index in [1.807, 2.05) is 0 Å². The molecule has 1 aromatic rings. The first kappa shape index (κ1) is 8.01. The van der Waals surface area contributed by atoms with Gasteiger partial charge in [-0.15, -0.1) is 12.6 Å². The Morgan fingerprint density at radius 2 is 1.90 bits per heavy atom. The summed E-state index contributed by atoms with van der Waals surface area (Å²) >= 11 is 6.71. The van der Waals surface area contributed by atoms with Crippen LogP contribution in [0.25, 0.3) is 0 Å². The zero-order valence-corrected chi connectivity index (χ0v) is 7.22. The molecule has 4 heteroatoms. The van der Waals surface area contributed by atoms with Gasteiger partial charge in [-0.2, -0.15) is 0 Å². The highest BCUT2D eigenvalue weighted by molar-refractivity contribution is 9.10. The lowest BCUT2D eigenvalue weighted by atomic mass is 10.3. The summed E-state index contributed by atoms with van der Waals surface area (Å²) in [5.74, 6) is -1.25. The molecule has 10 heavy (non-hydrogen) atoms. The van der Waals surface area contributed by atoms with Gasteiger partial charge in [0, 0.05) is 11.0 Å². The van der Waals surface area contributed by atoms with E-state index >= 15 is 0 Å². The standard InChI is InChI=1S/C6H3BrF2S/c7-6-4(9)1-3(8)2-5(6)10/h1-2,10H. The second kappa shape index (κ2) is 2.88. The first-order valence-electron chi connectivity index (χ1n) is 2.45. The lowest BCUT2D eigenvalue weighted by Crippen LogP contribution is -1.82. The summed E-state index contributed by atoms with van der Waals surface area (Å²) in [6.45, 7) is 0. The Hall–Kier alpha value is -0.0900. The van der Waals surface area contributed by atoms with Gasteiger partial charge in [0.1, 0.15) is 11.6 Å². The number of thiol groups is 1. The van der Waals surface area contributed by atoms with E-state index < -0.39 is 11.6 Å². The molecule has 0 nitrogen and oxygen atoms in total. The molecule has 0 unspecified atom stereocenters. The van der Waals surface area contributed by atoms with Gasteiger partial charge in [0.15, 0.2) is 0 Å². The van der Waals surface area contributed by atoms with E-state index in [-0.39, 0.29) is 9.37 Å². The van der Waals surface area contributed by atoms with Gasteiger partial charge < -0.3 is 0 Å². The molecule has 0 N–H and O–H groups in total. The van der Waals surface area contributed by atoms with Crippen molar-refractivity contribution in [3.8, 4) is 0 Å². The van der Waals surface area contributed by atoms with Gasteiger partial charge >= 0.3 is 0 Å². The monoisotopic (exact) mass is 224 g/mol. The van der Waals surface area contributed by atoms with Crippen molar-refractivity contribution in [1.82, 2.24) is 0 Å². The Labute approximate surface area is 70.8 Å². The van der Waals surface area contributed by atoms with E-state index in [1.165, 1.54) is 0 Å². The second-order valence-corrected chi connectivity index (χ2v) is 3.00. The maximum absolute atomic E-state index is 12.5. The van der Waals surface area contributed by atoms with Gasteiger partial charge in [-0.05, 0) is 22.0 Å². The molecular formula is C6H3BrF2S. The van der Waals surface area contributed by atoms with Gasteiger partial charge in [0.2, 0.25) is 0 Å². The predicted octanol–water partition coefficient (Wildman–Crippen LogP) is 3.02. The second-order valence-electron chi connectivity index (χ2n) is 1.72. The SMILES string of the molecule is Fc1cc(F)c(Br)c(S)c1. The summed E-state index contributed by atoms with van der Waals surface area (Å²) in [4.78, 5) is 0.262. The van der Waals surface area contributed by atoms with Crippen molar-refractivity contribution in [2.45, 2.75) is 4.90 Å². The molecule has 0 amide bonds. The number of hydrogen-bond acceptors (Lipinski definition) is 1. The minimum Gasteiger partial charge on any atom is -0.207 e. The van der Waals surface area contributed by atoms with Crippen LogP contribution in [0, 0.1) is 11.6 Å². The minimum atomic E-state index is -0.634. The Bertz CT molecular complexity index is 239. The zero-order chi connectivity index (χ0) is 7.72. The van der Waals surface area contributed by atoms with E-state index in [4.69, 9.17) is 0 Å². The van der Waals surface area contributed by atoms with E-state index in [0.29, 0.717) is 0 Å². The highest BCUT2D eigenvalue weighted by atomic mass is 79.9. The Balaban J connectivity index is 3.31. The first-order valence-corrected chi connectivity index (χ1v) is 3.69. The predicted molar refractivity (Wildman–Crippen MR) is 41.3 cm³/mol. The maximum atomic E-state index is 12.5. The largest absolute Gasteiger partial charge is 0.207 e. The van der Waals surface area contributed by atoms with Crippen LogP contribution in [0.2, 0.25) is 0 Å². The van der Waals surface area contributed by atoms with Crippen molar-refractivity contribution in [3.05, 3.63) is 28.2 Å². The van der Waals surface area contributed by atoms with Crippen molar-refractivity contribution >= 4 is 28.6 Å². The summed E-state index contributed by atoms with van der Waals surface area (Å²) in [6.07, 6.45) is 0. The van der Waals surface area contributed by atoms with E-state index in [1.54, 1.807) is 0 Å². The molecule has 0 atom stereocenters. The quantitative estimate of drug-likeness (QED) is 0.509. The van der Waals surface area contributed by atoms with Gasteiger partial charge in [0.25, 0.3) is 0 Å². The van der Waals surface area contributed by atoms with Crippen molar-refractivity contribution in [1.29, 1.82) is 0 Å². The topological polar surface area (TPSA) is 0 Å². The fourth-order valence-corrected chi connectivity index (χ4v) is 1.00. The molecule has 0 saturated heterocycles. The minimum absolute atomic E-state index is 0.192. The van der Waals surface area contributed by atoms with Crippen LogP contribution in [-0.2, 0) is 0 Å². The van der Waals surface area contributed by atoms with Gasteiger partial charge in [-0.25, -0.2) is 8.78 Å². The summed E-state index contributed by atoms with van der Waals surface area (Å²) in [6, 6.07) is 1.93. The summed E-state index contributed by atoms with van der Waals surface area (Å²) in [5, 5.41) is 0. The smallest absolute Gasteiger partial charge is 0.141 e. The summed E-state index contributed by atoms with van der Waals surface area (Å²) in [7, 11) is 0. The molecule has 0 radical (unpaired) electrons. The Kier molecular flexibility index (Phi) is 2.31. The molecule has 0 aromatic heterocycles. The summed E-state index contributed by atoms with van der Waals surface area (Å²) in [5.41, 5.74) is 0. The van der Waals surface area contributed by atoms with Gasteiger partial charge in [0.05, 0.1) is 4.47 Å². The third-order valence-corrected chi connectivity index (χ3v) is 2.44. The van der Waals surface area contributed by atoms with Crippen LogP contribution in [0.4, 0.5) is 8.78 Å².